The van der Waals surface area contributed by atoms with Crippen LogP contribution in [-0.2, 0) is 4.79 Å². The van der Waals surface area contributed by atoms with Crippen LogP contribution in [0.15, 0.2) is 90.0 Å². The number of nitrogens with one attached hydrogen (secondary N) is 1. The van der Waals surface area contributed by atoms with E-state index in [1.807, 2.05) is 54.6 Å². The number of pyridine rings is 1. The molecule has 1 N–H and O–H groups in total. The van der Waals surface area contributed by atoms with E-state index in [0.29, 0.717) is 22.3 Å². The molecule has 29 heavy (non-hydrogen) atoms. The Morgan fingerprint density at radius 3 is 2.38 bits per heavy atom. The first-order valence-corrected chi connectivity index (χ1v) is 10.3. The van der Waals surface area contributed by atoms with Gasteiger partial charge in [0.2, 0.25) is 5.91 Å². The van der Waals surface area contributed by atoms with Crippen LogP contribution in [-0.4, -0.2) is 16.6 Å². The van der Waals surface area contributed by atoms with Gasteiger partial charge in [-0.15, -0.1) is 11.8 Å². The molecule has 0 bridgehead atoms. The summed E-state index contributed by atoms with van der Waals surface area (Å²) in [4.78, 5) is 17.7. The topological polar surface area (TPSA) is 51.2 Å². The molecule has 0 saturated carbocycles. The predicted octanol–water partition coefficient (Wildman–Crippen LogP) is 6.41. The predicted molar refractivity (Wildman–Crippen MR) is 119 cm³/mol. The summed E-state index contributed by atoms with van der Waals surface area (Å²) >= 11 is 7.35. The number of hydrogen-bond donors (Lipinski definition) is 1. The Bertz CT molecular complexity index is 1130. The molecule has 4 nitrogen and oxygen atoms in total. The molecule has 0 saturated heterocycles. The van der Waals surface area contributed by atoms with E-state index in [1.165, 1.54) is 11.8 Å². The van der Waals surface area contributed by atoms with Crippen molar-refractivity contribution in [2.75, 3.05) is 11.1 Å². The number of fused-ring (bicyclic) bond motifs is 1. The average molecular weight is 421 g/mol. The zero-order chi connectivity index (χ0) is 20.1. The normalized spacial score (nSPS) is 10.7. The van der Waals surface area contributed by atoms with Crippen LogP contribution in [0.5, 0.6) is 11.5 Å². The number of aromatic nitrogens is 1. The van der Waals surface area contributed by atoms with Gasteiger partial charge in [0.1, 0.15) is 11.5 Å². The summed E-state index contributed by atoms with van der Waals surface area (Å²) in [6.45, 7) is 0. The summed E-state index contributed by atoms with van der Waals surface area (Å²) in [5, 5.41) is 4.63. The van der Waals surface area contributed by atoms with E-state index in [2.05, 4.69) is 10.3 Å². The van der Waals surface area contributed by atoms with Crippen molar-refractivity contribution in [2.24, 2.45) is 0 Å². The Balaban J connectivity index is 1.34. The lowest BCUT2D eigenvalue weighted by atomic mass is 10.2. The summed E-state index contributed by atoms with van der Waals surface area (Å²) < 4.78 is 5.76. The molecule has 4 aromatic rings. The van der Waals surface area contributed by atoms with Gasteiger partial charge in [-0.2, -0.15) is 0 Å². The van der Waals surface area contributed by atoms with Gasteiger partial charge in [-0.05, 0) is 60.7 Å². The van der Waals surface area contributed by atoms with Crippen LogP contribution in [0.25, 0.3) is 10.9 Å². The van der Waals surface area contributed by atoms with E-state index in [0.717, 1.165) is 21.5 Å². The van der Waals surface area contributed by atoms with Crippen molar-refractivity contribution in [3.05, 3.63) is 90.1 Å². The lowest BCUT2D eigenvalue weighted by Gasteiger charge is -2.09. The van der Waals surface area contributed by atoms with Gasteiger partial charge in [0.15, 0.2) is 0 Å². The molecule has 1 heterocycles. The fourth-order valence-electron chi connectivity index (χ4n) is 2.78. The molecule has 0 unspecified atom stereocenters. The van der Waals surface area contributed by atoms with Gasteiger partial charge >= 0.3 is 0 Å². The second-order valence-electron chi connectivity index (χ2n) is 6.25. The highest BCUT2D eigenvalue weighted by atomic mass is 35.5. The fraction of sp³-hybridized carbons (Fsp3) is 0.0435. The Morgan fingerprint density at radius 2 is 1.62 bits per heavy atom. The second-order valence-corrected chi connectivity index (χ2v) is 7.70. The number of carbonyl (C=O) groups excluding carboxylic acids is 1. The number of ether oxygens (including phenoxy) is 1. The molecule has 0 aliphatic carbocycles. The maximum atomic E-state index is 12.3. The molecule has 4 rings (SSSR count). The smallest absolute Gasteiger partial charge is 0.234 e. The SMILES string of the molecule is O=C(CSc1cccc2cccnc12)Nc1ccc(Oc2ccc(Cl)cc2)cc1. The quantitative estimate of drug-likeness (QED) is 0.366. The number of benzene rings is 3. The van der Waals surface area contributed by atoms with Crippen molar-refractivity contribution in [3.8, 4) is 11.5 Å². The standard InChI is InChI=1S/C23H17ClN2O2S/c24-17-6-10-19(11-7-17)28-20-12-8-18(9-13-20)26-22(27)15-29-21-5-1-3-16-4-2-14-25-23(16)21/h1-14H,15H2,(H,26,27). The maximum absolute atomic E-state index is 12.3. The first-order chi connectivity index (χ1) is 14.2. The largest absolute Gasteiger partial charge is 0.457 e. The van der Waals surface area contributed by atoms with Gasteiger partial charge < -0.3 is 10.1 Å². The van der Waals surface area contributed by atoms with Gasteiger partial charge in [-0.3, -0.25) is 9.78 Å². The third-order valence-electron chi connectivity index (χ3n) is 4.14. The Morgan fingerprint density at radius 1 is 0.931 bits per heavy atom. The summed E-state index contributed by atoms with van der Waals surface area (Å²) in [6.07, 6.45) is 1.76. The minimum atomic E-state index is -0.0747. The molecular weight excluding hydrogens is 404 g/mol. The average Bonchev–Trinajstić information content (AvgIpc) is 2.75. The van der Waals surface area contributed by atoms with Gasteiger partial charge in [-0.25, -0.2) is 0 Å². The molecule has 6 heteroatoms. The molecule has 0 aliphatic rings. The van der Waals surface area contributed by atoms with Crippen molar-refractivity contribution in [2.45, 2.75) is 4.90 Å². The third kappa shape index (κ3) is 5.08. The summed E-state index contributed by atoms with van der Waals surface area (Å²) in [6, 6.07) is 24.3. The zero-order valence-electron chi connectivity index (χ0n) is 15.3. The van der Waals surface area contributed by atoms with Crippen molar-refractivity contribution < 1.29 is 9.53 Å². The van der Waals surface area contributed by atoms with Gasteiger partial charge in [-0.1, -0.05) is 29.8 Å². The number of thioether (sulfide) groups is 1. The summed E-state index contributed by atoms with van der Waals surface area (Å²) in [5.74, 6) is 1.61. The van der Waals surface area contributed by atoms with Gasteiger partial charge in [0, 0.05) is 27.2 Å². The number of halogens is 1. The minimum Gasteiger partial charge on any atom is -0.457 e. The number of amides is 1. The van der Waals surface area contributed by atoms with Crippen molar-refractivity contribution >= 4 is 45.9 Å². The first-order valence-electron chi connectivity index (χ1n) is 8.97. The molecule has 0 radical (unpaired) electrons. The van der Waals surface area contributed by atoms with Crippen LogP contribution in [0.2, 0.25) is 5.02 Å². The van der Waals surface area contributed by atoms with Gasteiger partial charge in [0.25, 0.3) is 0 Å². The van der Waals surface area contributed by atoms with Crippen LogP contribution in [0, 0.1) is 0 Å². The number of anilines is 1. The second kappa shape index (κ2) is 8.99. The van der Waals surface area contributed by atoms with Crippen LogP contribution in [0.1, 0.15) is 0 Å². The van der Waals surface area contributed by atoms with Crippen LogP contribution in [0.3, 0.4) is 0 Å². The molecule has 0 aliphatic heterocycles. The fourth-order valence-corrected chi connectivity index (χ4v) is 3.74. The third-order valence-corrected chi connectivity index (χ3v) is 5.44. The molecule has 144 valence electrons. The van der Waals surface area contributed by atoms with E-state index in [9.17, 15) is 4.79 Å². The maximum Gasteiger partial charge on any atom is 0.234 e. The van der Waals surface area contributed by atoms with E-state index in [1.54, 1.807) is 30.5 Å². The number of rotatable bonds is 6. The monoisotopic (exact) mass is 420 g/mol. The lowest BCUT2D eigenvalue weighted by molar-refractivity contribution is -0.113. The number of para-hydroxylation sites is 1. The van der Waals surface area contributed by atoms with Gasteiger partial charge in [0.05, 0.1) is 11.3 Å². The Kier molecular flexibility index (Phi) is 5.98. The van der Waals surface area contributed by atoms with Crippen molar-refractivity contribution in [1.29, 1.82) is 0 Å². The van der Waals surface area contributed by atoms with Crippen molar-refractivity contribution in [3.63, 3.8) is 0 Å². The number of carbonyl (C=O) groups is 1. The van der Waals surface area contributed by atoms with Crippen molar-refractivity contribution in [1.82, 2.24) is 4.98 Å². The first kappa shape index (κ1) is 19.3. The Hall–Kier alpha value is -3.02. The summed E-state index contributed by atoms with van der Waals surface area (Å²) in [5.41, 5.74) is 1.63. The molecule has 1 amide bonds. The molecule has 3 aromatic carbocycles. The van der Waals surface area contributed by atoms with Crippen LogP contribution in [0.4, 0.5) is 5.69 Å². The highest BCUT2D eigenvalue weighted by molar-refractivity contribution is 8.00. The zero-order valence-corrected chi connectivity index (χ0v) is 16.9. The summed E-state index contributed by atoms with van der Waals surface area (Å²) in [7, 11) is 0. The lowest BCUT2D eigenvalue weighted by Crippen LogP contribution is -2.13. The van der Waals surface area contributed by atoms with E-state index < -0.39 is 0 Å². The minimum absolute atomic E-state index is 0.0747. The highest BCUT2D eigenvalue weighted by Crippen LogP contribution is 2.27. The molecule has 0 atom stereocenters. The van der Waals surface area contributed by atoms with Crippen LogP contribution >= 0.6 is 23.4 Å². The van der Waals surface area contributed by atoms with E-state index in [-0.39, 0.29) is 5.91 Å². The number of nitrogens with zero attached hydrogens (tertiary/aromatic N) is 1. The van der Waals surface area contributed by atoms with E-state index in [4.69, 9.17) is 16.3 Å². The number of hydrogen-bond acceptors (Lipinski definition) is 4. The molecule has 0 spiro atoms. The highest BCUT2D eigenvalue weighted by Gasteiger charge is 2.07. The van der Waals surface area contributed by atoms with Crippen LogP contribution < -0.4 is 10.1 Å². The molecular formula is C23H17ClN2O2S. The molecule has 1 aromatic heterocycles. The Labute approximate surface area is 177 Å². The molecule has 0 fully saturated rings. The van der Waals surface area contributed by atoms with E-state index >= 15 is 0 Å².